The summed E-state index contributed by atoms with van der Waals surface area (Å²) in [5.74, 6) is 1.69. The molecule has 0 bridgehead atoms. The van der Waals surface area contributed by atoms with E-state index in [4.69, 9.17) is 9.26 Å². The zero-order valence-electron chi connectivity index (χ0n) is 9.20. The second kappa shape index (κ2) is 3.27. The van der Waals surface area contributed by atoms with Crippen LogP contribution < -0.4 is 10.1 Å². The van der Waals surface area contributed by atoms with Crippen LogP contribution >= 0.6 is 0 Å². The molecular formula is C12H12N2O2. The molecule has 0 fully saturated rings. The third-order valence-corrected chi connectivity index (χ3v) is 2.92. The van der Waals surface area contributed by atoms with E-state index in [1.54, 1.807) is 13.3 Å². The second-order valence-corrected chi connectivity index (χ2v) is 3.87. The minimum absolute atomic E-state index is 0.728. The minimum Gasteiger partial charge on any atom is -0.495 e. The normalized spacial score (nSPS) is 12.6. The Labute approximate surface area is 93.2 Å². The number of benzene rings is 1. The third kappa shape index (κ3) is 1.13. The Hall–Kier alpha value is -1.97. The average molecular weight is 216 g/mol. The number of nitrogens with zero attached hydrogens (tertiary/aromatic N) is 1. The lowest BCUT2D eigenvalue weighted by molar-refractivity contribution is 0.414. The first-order valence-corrected chi connectivity index (χ1v) is 5.16. The van der Waals surface area contributed by atoms with Crippen molar-refractivity contribution in [1.29, 1.82) is 0 Å². The fourth-order valence-corrected chi connectivity index (χ4v) is 2.10. The van der Waals surface area contributed by atoms with Gasteiger partial charge in [0, 0.05) is 12.1 Å². The van der Waals surface area contributed by atoms with Crippen LogP contribution in [-0.2, 0) is 6.54 Å². The van der Waals surface area contributed by atoms with Crippen molar-refractivity contribution in [3.63, 3.8) is 0 Å². The van der Waals surface area contributed by atoms with Crippen molar-refractivity contribution in [3.8, 4) is 17.1 Å². The molecule has 0 spiro atoms. The summed E-state index contributed by atoms with van der Waals surface area (Å²) >= 11 is 0. The Morgan fingerprint density at radius 2 is 2.31 bits per heavy atom. The van der Waals surface area contributed by atoms with Crippen molar-refractivity contribution in [2.24, 2.45) is 0 Å². The van der Waals surface area contributed by atoms with E-state index in [1.807, 2.05) is 12.1 Å². The monoisotopic (exact) mass is 216 g/mol. The number of rotatable bonds is 1. The summed E-state index contributed by atoms with van der Waals surface area (Å²) in [5, 5.41) is 7.18. The Morgan fingerprint density at radius 3 is 3.12 bits per heavy atom. The lowest BCUT2D eigenvalue weighted by Crippen LogP contribution is -2.09. The van der Waals surface area contributed by atoms with Crippen LogP contribution in [0.1, 0.15) is 11.1 Å². The van der Waals surface area contributed by atoms with Gasteiger partial charge in [-0.15, -0.1) is 0 Å². The zero-order valence-corrected chi connectivity index (χ0v) is 9.20. The molecular weight excluding hydrogens is 204 g/mol. The molecule has 1 aliphatic heterocycles. The van der Waals surface area contributed by atoms with Gasteiger partial charge in [-0.25, -0.2) is 0 Å². The first-order valence-electron chi connectivity index (χ1n) is 5.16. The lowest BCUT2D eigenvalue weighted by Gasteiger charge is -2.20. The molecule has 4 nitrogen and oxygen atoms in total. The van der Waals surface area contributed by atoms with Gasteiger partial charge in [-0.2, -0.15) is 0 Å². The molecule has 0 atom stereocenters. The van der Waals surface area contributed by atoms with Gasteiger partial charge in [0.15, 0.2) is 5.76 Å². The summed E-state index contributed by atoms with van der Waals surface area (Å²) in [4.78, 5) is 0. The molecule has 0 aliphatic carbocycles. The van der Waals surface area contributed by atoms with Crippen molar-refractivity contribution in [2.75, 3.05) is 12.4 Å². The number of aromatic nitrogens is 1. The molecule has 0 amide bonds. The Balaban J connectivity index is 2.31. The first-order chi connectivity index (χ1) is 7.81. The Morgan fingerprint density at radius 1 is 1.44 bits per heavy atom. The number of hydrogen-bond donors (Lipinski definition) is 1. The molecule has 2 heterocycles. The highest BCUT2D eigenvalue weighted by atomic mass is 16.5. The van der Waals surface area contributed by atoms with E-state index < -0.39 is 0 Å². The van der Waals surface area contributed by atoms with Gasteiger partial charge in [0.2, 0.25) is 0 Å². The average Bonchev–Trinajstić information content (AvgIpc) is 2.77. The van der Waals surface area contributed by atoms with E-state index in [0.717, 1.165) is 40.4 Å². The van der Waals surface area contributed by atoms with E-state index in [0.29, 0.717) is 0 Å². The molecule has 4 heteroatoms. The molecule has 2 aromatic rings. The maximum atomic E-state index is 5.33. The maximum absolute atomic E-state index is 5.33. The highest BCUT2D eigenvalue weighted by molar-refractivity contribution is 5.85. The van der Waals surface area contributed by atoms with Gasteiger partial charge in [0.05, 0.1) is 24.6 Å². The molecule has 1 N–H and O–H groups in total. The van der Waals surface area contributed by atoms with E-state index in [-0.39, 0.29) is 0 Å². The van der Waals surface area contributed by atoms with Crippen LogP contribution in [-0.4, -0.2) is 12.3 Å². The van der Waals surface area contributed by atoms with Gasteiger partial charge in [-0.3, -0.25) is 0 Å². The first kappa shape index (κ1) is 9.27. The highest BCUT2D eigenvalue weighted by Crippen LogP contribution is 2.42. The molecule has 3 rings (SSSR count). The number of ether oxygens (including phenoxy) is 1. The molecule has 0 saturated carbocycles. The van der Waals surface area contributed by atoms with Gasteiger partial charge in [0.25, 0.3) is 0 Å². The van der Waals surface area contributed by atoms with Crippen LogP contribution in [0.15, 0.2) is 22.9 Å². The number of aryl methyl sites for hydroxylation is 1. The predicted molar refractivity (Wildman–Crippen MR) is 60.6 cm³/mol. The fraction of sp³-hybridized carbons (Fsp3) is 0.250. The Kier molecular flexibility index (Phi) is 1.89. The quantitative estimate of drug-likeness (QED) is 0.795. The minimum atomic E-state index is 0.728. The van der Waals surface area contributed by atoms with Crippen molar-refractivity contribution >= 4 is 5.69 Å². The smallest absolute Gasteiger partial charge is 0.174 e. The Bertz CT molecular complexity index is 546. The molecule has 0 saturated heterocycles. The van der Waals surface area contributed by atoms with Gasteiger partial charge in [-0.1, -0.05) is 11.2 Å². The van der Waals surface area contributed by atoms with Gasteiger partial charge >= 0.3 is 0 Å². The molecule has 0 radical (unpaired) electrons. The van der Waals surface area contributed by atoms with E-state index in [9.17, 15) is 0 Å². The van der Waals surface area contributed by atoms with Gasteiger partial charge in [0.1, 0.15) is 5.75 Å². The van der Waals surface area contributed by atoms with Crippen LogP contribution in [0.3, 0.4) is 0 Å². The van der Waals surface area contributed by atoms with Crippen molar-refractivity contribution < 1.29 is 9.26 Å². The number of methoxy groups -OCH3 is 1. The van der Waals surface area contributed by atoms with E-state index >= 15 is 0 Å². The SMILES string of the molecule is COc1ccc(C)c2c1NCc1cnoc1-2. The number of nitrogens with one attached hydrogen (secondary N) is 1. The van der Waals surface area contributed by atoms with Crippen molar-refractivity contribution in [2.45, 2.75) is 13.5 Å². The number of anilines is 1. The largest absolute Gasteiger partial charge is 0.495 e. The standard InChI is InChI=1S/C12H12N2O2/c1-7-3-4-9(15-2)11-10(7)12-8(5-13-11)6-14-16-12/h3-4,6,13H,5H2,1-2H3. The fourth-order valence-electron chi connectivity index (χ4n) is 2.10. The summed E-state index contributed by atoms with van der Waals surface area (Å²) in [5.41, 5.74) is 4.29. The molecule has 0 unspecified atom stereocenters. The molecule has 1 aliphatic rings. The second-order valence-electron chi connectivity index (χ2n) is 3.87. The predicted octanol–water partition coefficient (Wildman–Crippen LogP) is 2.58. The van der Waals surface area contributed by atoms with E-state index in [2.05, 4.69) is 17.4 Å². The maximum Gasteiger partial charge on any atom is 0.174 e. The third-order valence-electron chi connectivity index (χ3n) is 2.92. The molecule has 16 heavy (non-hydrogen) atoms. The van der Waals surface area contributed by atoms with E-state index in [1.165, 1.54) is 0 Å². The van der Waals surface area contributed by atoms with Crippen molar-refractivity contribution in [3.05, 3.63) is 29.5 Å². The number of fused-ring (bicyclic) bond motifs is 3. The van der Waals surface area contributed by atoms with Crippen LogP contribution in [0.25, 0.3) is 11.3 Å². The van der Waals surface area contributed by atoms with Gasteiger partial charge in [-0.05, 0) is 18.6 Å². The highest BCUT2D eigenvalue weighted by Gasteiger charge is 2.24. The topological polar surface area (TPSA) is 47.3 Å². The summed E-state index contributed by atoms with van der Waals surface area (Å²) in [6.45, 7) is 2.78. The summed E-state index contributed by atoms with van der Waals surface area (Å²) in [6, 6.07) is 3.99. The van der Waals surface area contributed by atoms with Crippen LogP contribution in [0.5, 0.6) is 5.75 Å². The lowest BCUT2D eigenvalue weighted by atomic mass is 9.97. The summed E-state index contributed by atoms with van der Waals surface area (Å²) < 4.78 is 10.7. The van der Waals surface area contributed by atoms with Crippen molar-refractivity contribution in [1.82, 2.24) is 5.16 Å². The summed E-state index contributed by atoms with van der Waals surface area (Å²) in [6.07, 6.45) is 1.75. The molecule has 82 valence electrons. The van der Waals surface area contributed by atoms with Gasteiger partial charge < -0.3 is 14.6 Å². The van der Waals surface area contributed by atoms with Crippen LogP contribution in [0.4, 0.5) is 5.69 Å². The van der Waals surface area contributed by atoms with Crippen LogP contribution in [0.2, 0.25) is 0 Å². The zero-order chi connectivity index (χ0) is 11.1. The number of hydrogen-bond acceptors (Lipinski definition) is 4. The molecule has 1 aromatic heterocycles. The molecule has 1 aromatic carbocycles. The van der Waals surface area contributed by atoms with Crippen LogP contribution in [0, 0.1) is 6.92 Å². The summed E-state index contributed by atoms with van der Waals surface area (Å²) in [7, 11) is 1.67.